The maximum atomic E-state index is 12.2. The summed E-state index contributed by atoms with van der Waals surface area (Å²) in [5.41, 5.74) is 6.14. The first kappa shape index (κ1) is 15.5. The van der Waals surface area contributed by atoms with E-state index in [0.29, 0.717) is 43.2 Å². The van der Waals surface area contributed by atoms with Crippen LogP contribution in [0.4, 0.5) is 0 Å². The van der Waals surface area contributed by atoms with Crippen molar-refractivity contribution in [2.45, 2.75) is 27.2 Å². The summed E-state index contributed by atoms with van der Waals surface area (Å²) in [6.07, 6.45) is 0.690. The number of nitrogens with two attached hydrogens (primary N) is 1. The van der Waals surface area contributed by atoms with Crippen molar-refractivity contribution in [3.63, 3.8) is 0 Å². The number of benzene rings is 1. The van der Waals surface area contributed by atoms with E-state index >= 15 is 0 Å². The van der Waals surface area contributed by atoms with Gasteiger partial charge in [-0.05, 0) is 45.0 Å². The highest BCUT2D eigenvalue weighted by molar-refractivity contribution is 5.98. The largest absolute Gasteiger partial charge is 0.490 e. The molecule has 0 heterocycles. The molecule has 106 valence electrons. The first-order valence-corrected chi connectivity index (χ1v) is 6.77. The first-order chi connectivity index (χ1) is 9.13. The number of Topliss-reactive ketones (excluding diaryl/α,β-unsaturated/α-hetero) is 1. The number of carbonyl (C=O) groups is 1. The van der Waals surface area contributed by atoms with Gasteiger partial charge in [0.15, 0.2) is 17.3 Å². The second-order valence-corrected chi connectivity index (χ2v) is 4.37. The van der Waals surface area contributed by atoms with E-state index in [1.165, 1.54) is 0 Å². The summed E-state index contributed by atoms with van der Waals surface area (Å²) in [5.74, 6) is 1.31. The van der Waals surface area contributed by atoms with Gasteiger partial charge in [-0.3, -0.25) is 4.79 Å². The molecule has 0 bridgehead atoms. The van der Waals surface area contributed by atoms with Gasteiger partial charge in [-0.2, -0.15) is 0 Å². The van der Waals surface area contributed by atoms with Crippen molar-refractivity contribution in [3.05, 3.63) is 23.8 Å². The van der Waals surface area contributed by atoms with Crippen LogP contribution < -0.4 is 15.2 Å². The molecule has 0 aliphatic carbocycles. The van der Waals surface area contributed by atoms with Crippen LogP contribution >= 0.6 is 0 Å². The lowest BCUT2D eigenvalue weighted by Crippen LogP contribution is -2.15. The van der Waals surface area contributed by atoms with Crippen molar-refractivity contribution in [2.24, 2.45) is 11.7 Å². The lowest BCUT2D eigenvalue weighted by atomic mass is 9.96. The van der Waals surface area contributed by atoms with Crippen molar-refractivity contribution in [2.75, 3.05) is 19.8 Å². The van der Waals surface area contributed by atoms with Gasteiger partial charge in [-0.25, -0.2) is 0 Å². The van der Waals surface area contributed by atoms with Crippen LogP contribution in [0.1, 0.15) is 37.6 Å². The Morgan fingerprint density at radius 2 is 1.84 bits per heavy atom. The van der Waals surface area contributed by atoms with Crippen LogP contribution in [0.3, 0.4) is 0 Å². The highest BCUT2D eigenvalue weighted by atomic mass is 16.5. The van der Waals surface area contributed by atoms with Crippen molar-refractivity contribution < 1.29 is 14.3 Å². The molecular formula is C15H23NO3. The van der Waals surface area contributed by atoms with Crippen LogP contribution in [0.25, 0.3) is 0 Å². The van der Waals surface area contributed by atoms with E-state index in [4.69, 9.17) is 15.2 Å². The summed E-state index contributed by atoms with van der Waals surface area (Å²) in [7, 11) is 0. The molecular weight excluding hydrogens is 242 g/mol. The fourth-order valence-electron chi connectivity index (χ4n) is 1.87. The lowest BCUT2D eigenvalue weighted by Gasteiger charge is -2.14. The minimum absolute atomic E-state index is 0.0718. The minimum Gasteiger partial charge on any atom is -0.490 e. The van der Waals surface area contributed by atoms with Crippen molar-refractivity contribution in [1.29, 1.82) is 0 Å². The molecule has 0 radical (unpaired) electrons. The molecule has 0 fully saturated rings. The standard InChI is InChI=1S/C15H23NO3/c1-4-18-13-7-6-12(10-14(13)19-5-2)15(17)11(3)8-9-16/h6-7,10-11H,4-5,8-9,16H2,1-3H3. The maximum Gasteiger partial charge on any atom is 0.165 e. The number of rotatable bonds is 8. The second-order valence-electron chi connectivity index (χ2n) is 4.37. The van der Waals surface area contributed by atoms with E-state index in [9.17, 15) is 4.79 Å². The van der Waals surface area contributed by atoms with Gasteiger partial charge in [0.25, 0.3) is 0 Å². The Labute approximate surface area is 114 Å². The third-order valence-electron chi connectivity index (χ3n) is 2.88. The molecule has 0 saturated carbocycles. The summed E-state index contributed by atoms with van der Waals surface area (Å²) in [6, 6.07) is 5.32. The van der Waals surface area contributed by atoms with E-state index in [1.54, 1.807) is 18.2 Å². The number of hydrogen-bond acceptors (Lipinski definition) is 4. The van der Waals surface area contributed by atoms with Crippen LogP contribution in [0, 0.1) is 5.92 Å². The number of hydrogen-bond donors (Lipinski definition) is 1. The van der Waals surface area contributed by atoms with E-state index < -0.39 is 0 Å². The highest BCUT2D eigenvalue weighted by Gasteiger charge is 2.16. The Bertz CT molecular complexity index is 418. The van der Waals surface area contributed by atoms with E-state index in [1.807, 2.05) is 20.8 Å². The Kier molecular flexibility index (Phi) is 6.36. The van der Waals surface area contributed by atoms with Crippen molar-refractivity contribution in [3.8, 4) is 11.5 Å². The molecule has 1 aromatic carbocycles. The quantitative estimate of drug-likeness (QED) is 0.734. The van der Waals surface area contributed by atoms with E-state index in [-0.39, 0.29) is 11.7 Å². The van der Waals surface area contributed by atoms with Gasteiger partial charge >= 0.3 is 0 Å². The van der Waals surface area contributed by atoms with Crippen LogP contribution in [0.5, 0.6) is 11.5 Å². The average Bonchev–Trinajstić information content (AvgIpc) is 2.40. The van der Waals surface area contributed by atoms with Gasteiger partial charge in [0.1, 0.15) is 0 Å². The Morgan fingerprint density at radius 1 is 1.21 bits per heavy atom. The predicted octanol–water partition coefficient (Wildman–Crippen LogP) is 2.65. The van der Waals surface area contributed by atoms with Crippen LogP contribution in [-0.2, 0) is 0 Å². The maximum absolute atomic E-state index is 12.2. The van der Waals surface area contributed by atoms with Crippen molar-refractivity contribution in [1.82, 2.24) is 0 Å². The molecule has 0 aromatic heterocycles. The molecule has 1 unspecified atom stereocenters. The normalized spacial score (nSPS) is 12.0. The molecule has 1 atom stereocenters. The molecule has 0 saturated heterocycles. The van der Waals surface area contributed by atoms with Crippen molar-refractivity contribution >= 4 is 5.78 Å². The SMILES string of the molecule is CCOc1ccc(C(=O)C(C)CCN)cc1OCC. The Hall–Kier alpha value is -1.55. The van der Waals surface area contributed by atoms with Gasteiger partial charge in [-0.15, -0.1) is 0 Å². The highest BCUT2D eigenvalue weighted by Crippen LogP contribution is 2.29. The Morgan fingerprint density at radius 3 is 2.42 bits per heavy atom. The zero-order valence-corrected chi connectivity index (χ0v) is 11.9. The fraction of sp³-hybridized carbons (Fsp3) is 0.533. The molecule has 0 spiro atoms. The van der Waals surface area contributed by atoms with Crippen LogP contribution in [0.15, 0.2) is 18.2 Å². The minimum atomic E-state index is -0.0718. The van der Waals surface area contributed by atoms with E-state index in [0.717, 1.165) is 0 Å². The molecule has 1 aromatic rings. The molecule has 2 N–H and O–H groups in total. The van der Waals surface area contributed by atoms with Crippen LogP contribution in [0.2, 0.25) is 0 Å². The number of ketones is 1. The third-order valence-corrected chi connectivity index (χ3v) is 2.88. The first-order valence-electron chi connectivity index (χ1n) is 6.77. The van der Waals surface area contributed by atoms with Gasteiger partial charge in [0.2, 0.25) is 0 Å². The predicted molar refractivity (Wildman–Crippen MR) is 75.9 cm³/mol. The lowest BCUT2D eigenvalue weighted by molar-refractivity contribution is 0.0925. The molecule has 1 rings (SSSR count). The fourth-order valence-corrected chi connectivity index (χ4v) is 1.87. The second kappa shape index (κ2) is 7.79. The summed E-state index contributed by atoms with van der Waals surface area (Å²) < 4.78 is 11.0. The van der Waals surface area contributed by atoms with Gasteiger partial charge < -0.3 is 15.2 Å². The van der Waals surface area contributed by atoms with E-state index in [2.05, 4.69) is 0 Å². The number of carbonyl (C=O) groups excluding carboxylic acids is 1. The zero-order valence-electron chi connectivity index (χ0n) is 11.9. The molecule has 0 amide bonds. The Balaban J connectivity index is 2.96. The summed E-state index contributed by atoms with van der Waals surface area (Å²) in [4.78, 5) is 12.2. The number of ether oxygens (including phenoxy) is 2. The van der Waals surface area contributed by atoms with Gasteiger partial charge in [0.05, 0.1) is 13.2 Å². The third kappa shape index (κ3) is 4.24. The summed E-state index contributed by atoms with van der Waals surface area (Å²) >= 11 is 0. The zero-order chi connectivity index (χ0) is 14.3. The van der Waals surface area contributed by atoms with Gasteiger partial charge in [-0.1, -0.05) is 6.92 Å². The van der Waals surface area contributed by atoms with Gasteiger partial charge in [0, 0.05) is 11.5 Å². The molecule has 19 heavy (non-hydrogen) atoms. The molecule has 0 aliphatic rings. The average molecular weight is 265 g/mol. The summed E-state index contributed by atoms with van der Waals surface area (Å²) in [5, 5.41) is 0. The smallest absolute Gasteiger partial charge is 0.165 e. The molecule has 4 nitrogen and oxygen atoms in total. The molecule has 0 aliphatic heterocycles. The van der Waals surface area contributed by atoms with Crippen LogP contribution in [-0.4, -0.2) is 25.5 Å². The summed E-state index contributed by atoms with van der Waals surface area (Å²) in [6.45, 7) is 7.33. The monoisotopic (exact) mass is 265 g/mol. The topological polar surface area (TPSA) is 61.5 Å². The molecule has 4 heteroatoms.